The van der Waals surface area contributed by atoms with Gasteiger partial charge in [-0.1, -0.05) is 18.2 Å². The van der Waals surface area contributed by atoms with Crippen LogP contribution >= 0.6 is 0 Å². The summed E-state index contributed by atoms with van der Waals surface area (Å²) >= 11 is 0. The Hall–Kier alpha value is -1.40. The summed E-state index contributed by atoms with van der Waals surface area (Å²) in [5, 5.41) is 2.54. The molecule has 0 bridgehead atoms. The van der Waals surface area contributed by atoms with Crippen molar-refractivity contribution in [1.82, 2.24) is 0 Å². The quantitative estimate of drug-likeness (QED) is 0.799. The van der Waals surface area contributed by atoms with Crippen molar-refractivity contribution in [1.29, 1.82) is 0 Å². The van der Waals surface area contributed by atoms with Crippen molar-refractivity contribution in [2.45, 2.75) is 19.4 Å². The number of para-hydroxylation sites is 1. The van der Waals surface area contributed by atoms with Crippen LogP contribution in [0.5, 0.6) is 0 Å². The van der Waals surface area contributed by atoms with Crippen LogP contribution in [0.15, 0.2) is 30.3 Å². The first-order valence-corrected chi connectivity index (χ1v) is 7.52. The van der Waals surface area contributed by atoms with Crippen molar-refractivity contribution < 1.29 is 13.2 Å². The third kappa shape index (κ3) is 5.79. The smallest absolute Gasteiger partial charge is 0.239 e. The molecule has 0 aliphatic carbocycles. The van der Waals surface area contributed by atoms with Crippen LogP contribution in [-0.4, -0.2) is 31.9 Å². The Bertz CT molecular complexity index is 483. The highest BCUT2D eigenvalue weighted by atomic mass is 32.2. The summed E-state index contributed by atoms with van der Waals surface area (Å²) in [6.45, 7) is 1.74. The molecule has 0 radical (unpaired) electrons. The number of carbonyl (C=O) groups is 1. The molecule has 1 aromatic rings. The minimum Gasteiger partial charge on any atom is -0.328 e. The van der Waals surface area contributed by atoms with E-state index in [0.29, 0.717) is 12.1 Å². The van der Waals surface area contributed by atoms with Crippen molar-refractivity contribution in [3.63, 3.8) is 0 Å². The molecule has 0 aliphatic rings. The van der Waals surface area contributed by atoms with Crippen LogP contribution in [-0.2, 0) is 14.6 Å². The predicted octanol–water partition coefficient (Wildman–Crippen LogP) is 0.777. The second-order valence-electron chi connectivity index (χ2n) is 4.27. The topological polar surface area (TPSA) is 89.3 Å². The Kier molecular flexibility index (Phi) is 5.30. The molecule has 1 amide bonds. The third-order valence-corrected chi connectivity index (χ3v) is 3.85. The number of rotatable bonds is 6. The minimum atomic E-state index is -3.39. The summed E-state index contributed by atoms with van der Waals surface area (Å²) < 4.78 is 23.2. The highest BCUT2D eigenvalue weighted by Gasteiger charge is 2.17. The normalized spacial score (nSPS) is 13.0. The van der Waals surface area contributed by atoms with E-state index in [-0.39, 0.29) is 11.8 Å². The Balaban J connectivity index is 2.49. The van der Waals surface area contributed by atoms with Crippen molar-refractivity contribution in [2.24, 2.45) is 5.73 Å². The largest absolute Gasteiger partial charge is 0.328 e. The van der Waals surface area contributed by atoms with Gasteiger partial charge in [0.2, 0.25) is 5.91 Å². The molecule has 0 spiro atoms. The molecule has 1 atom stereocenters. The molecule has 0 aliphatic heterocycles. The van der Waals surface area contributed by atoms with E-state index >= 15 is 0 Å². The lowest BCUT2D eigenvalue weighted by atomic mass is 10.3. The molecule has 1 rings (SSSR count). The maximum atomic E-state index is 11.6. The summed E-state index contributed by atoms with van der Waals surface area (Å²) in [6, 6.07) is 8.56. The second kappa shape index (κ2) is 6.51. The lowest BCUT2D eigenvalue weighted by Gasteiger charge is -2.07. The molecule has 1 unspecified atom stereocenters. The number of benzene rings is 1. The fraction of sp³-hybridized carbons (Fsp3) is 0.417. The summed E-state index contributed by atoms with van der Waals surface area (Å²) in [4.78, 5) is 11.6. The molecule has 0 saturated heterocycles. The fourth-order valence-corrected chi connectivity index (χ4v) is 2.70. The van der Waals surface area contributed by atoms with Gasteiger partial charge in [-0.15, -0.1) is 0 Å². The molecule has 0 heterocycles. The number of hydrogen-bond donors (Lipinski definition) is 2. The number of anilines is 1. The molecular weight excluding hydrogens is 252 g/mol. The Morgan fingerprint density at radius 3 is 2.50 bits per heavy atom. The molecule has 100 valence electrons. The Morgan fingerprint density at radius 2 is 1.94 bits per heavy atom. The van der Waals surface area contributed by atoms with Crippen LogP contribution < -0.4 is 11.1 Å². The summed E-state index contributed by atoms with van der Waals surface area (Å²) in [6.07, 6.45) is 0.362. The van der Waals surface area contributed by atoms with E-state index in [2.05, 4.69) is 5.32 Å². The van der Waals surface area contributed by atoms with Gasteiger partial charge < -0.3 is 11.1 Å². The first-order valence-electron chi connectivity index (χ1n) is 5.70. The number of carbonyl (C=O) groups excluding carboxylic acids is 1. The molecule has 18 heavy (non-hydrogen) atoms. The molecule has 5 nitrogen and oxygen atoms in total. The van der Waals surface area contributed by atoms with Gasteiger partial charge in [-0.3, -0.25) is 4.79 Å². The molecule has 0 fully saturated rings. The average Bonchev–Trinajstić information content (AvgIpc) is 2.27. The average molecular weight is 270 g/mol. The molecule has 6 heteroatoms. The SMILES string of the molecule is CC(N)CCS(=O)(=O)CC(=O)Nc1ccccc1. The molecule has 0 saturated carbocycles. The highest BCUT2D eigenvalue weighted by molar-refractivity contribution is 7.92. The van der Waals surface area contributed by atoms with Crippen molar-refractivity contribution in [2.75, 3.05) is 16.8 Å². The standard InChI is InChI=1S/C12H18N2O3S/c1-10(13)7-8-18(16,17)9-12(15)14-11-5-3-2-4-6-11/h2-6,10H,7-9,13H2,1H3,(H,14,15). The molecule has 3 N–H and O–H groups in total. The van der Waals surface area contributed by atoms with Crippen LogP contribution in [0.1, 0.15) is 13.3 Å². The zero-order valence-electron chi connectivity index (χ0n) is 10.3. The Morgan fingerprint density at radius 1 is 1.33 bits per heavy atom. The van der Waals surface area contributed by atoms with Crippen molar-refractivity contribution >= 4 is 21.4 Å². The van der Waals surface area contributed by atoms with E-state index in [0.717, 1.165) is 0 Å². The molecule has 1 aromatic carbocycles. The maximum absolute atomic E-state index is 11.6. The number of amides is 1. The first-order chi connectivity index (χ1) is 8.39. The zero-order valence-corrected chi connectivity index (χ0v) is 11.1. The number of sulfone groups is 1. The van der Waals surface area contributed by atoms with E-state index in [1.54, 1.807) is 31.2 Å². The van der Waals surface area contributed by atoms with Crippen LogP contribution in [0, 0.1) is 0 Å². The lowest BCUT2D eigenvalue weighted by molar-refractivity contribution is -0.113. The van der Waals surface area contributed by atoms with Gasteiger partial charge in [0.25, 0.3) is 0 Å². The Labute approximate surface area is 107 Å². The molecular formula is C12H18N2O3S. The monoisotopic (exact) mass is 270 g/mol. The van der Waals surface area contributed by atoms with Gasteiger partial charge in [-0.05, 0) is 25.5 Å². The third-order valence-electron chi connectivity index (χ3n) is 2.29. The van der Waals surface area contributed by atoms with E-state index in [9.17, 15) is 13.2 Å². The van der Waals surface area contributed by atoms with Gasteiger partial charge >= 0.3 is 0 Å². The van der Waals surface area contributed by atoms with E-state index < -0.39 is 21.5 Å². The fourth-order valence-electron chi connectivity index (χ4n) is 1.36. The van der Waals surface area contributed by atoms with Gasteiger partial charge in [-0.25, -0.2) is 8.42 Å². The minimum absolute atomic E-state index is 0.0626. The van der Waals surface area contributed by atoms with Crippen molar-refractivity contribution in [3.8, 4) is 0 Å². The zero-order chi connectivity index (χ0) is 13.6. The van der Waals surface area contributed by atoms with Gasteiger partial charge in [0.15, 0.2) is 9.84 Å². The first kappa shape index (κ1) is 14.7. The van der Waals surface area contributed by atoms with E-state index in [4.69, 9.17) is 5.73 Å². The summed E-state index contributed by atoms with van der Waals surface area (Å²) in [7, 11) is -3.39. The summed E-state index contributed by atoms with van der Waals surface area (Å²) in [5.41, 5.74) is 6.08. The van der Waals surface area contributed by atoms with E-state index in [1.165, 1.54) is 0 Å². The number of hydrogen-bond acceptors (Lipinski definition) is 4. The molecule has 0 aromatic heterocycles. The van der Waals surface area contributed by atoms with Crippen LogP contribution in [0.25, 0.3) is 0 Å². The van der Waals surface area contributed by atoms with Crippen LogP contribution in [0.3, 0.4) is 0 Å². The maximum Gasteiger partial charge on any atom is 0.239 e. The van der Waals surface area contributed by atoms with Crippen LogP contribution in [0.2, 0.25) is 0 Å². The van der Waals surface area contributed by atoms with Gasteiger partial charge in [0, 0.05) is 11.7 Å². The van der Waals surface area contributed by atoms with Crippen molar-refractivity contribution in [3.05, 3.63) is 30.3 Å². The van der Waals surface area contributed by atoms with Gasteiger partial charge in [-0.2, -0.15) is 0 Å². The van der Waals surface area contributed by atoms with Crippen LogP contribution in [0.4, 0.5) is 5.69 Å². The second-order valence-corrected chi connectivity index (χ2v) is 6.46. The number of nitrogens with one attached hydrogen (secondary N) is 1. The number of nitrogens with two attached hydrogens (primary N) is 1. The summed E-state index contributed by atoms with van der Waals surface area (Å²) in [5.74, 6) is -1.09. The lowest BCUT2D eigenvalue weighted by Crippen LogP contribution is -2.27. The highest BCUT2D eigenvalue weighted by Crippen LogP contribution is 2.05. The van der Waals surface area contributed by atoms with Gasteiger partial charge in [0.05, 0.1) is 5.75 Å². The predicted molar refractivity (Wildman–Crippen MR) is 72.0 cm³/mol. The van der Waals surface area contributed by atoms with E-state index in [1.807, 2.05) is 6.07 Å². The van der Waals surface area contributed by atoms with Gasteiger partial charge in [0.1, 0.15) is 5.75 Å².